The molecule has 0 amide bonds. The second kappa shape index (κ2) is 4.56. The van der Waals surface area contributed by atoms with E-state index in [2.05, 4.69) is 30.1 Å². The van der Waals surface area contributed by atoms with Gasteiger partial charge in [-0.3, -0.25) is 4.79 Å². The van der Waals surface area contributed by atoms with Crippen molar-refractivity contribution in [2.45, 2.75) is 25.7 Å². The van der Waals surface area contributed by atoms with Gasteiger partial charge in [0, 0.05) is 25.7 Å². The first-order valence-electron chi connectivity index (χ1n) is 5.71. The van der Waals surface area contributed by atoms with Gasteiger partial charge in [-0.15, -0.1) is 0 Å². The van der Waals surface area contributed by atoms with E-state index in [0.717, 1.165) is 25.8 Å². The van der Waals surface area contributed by atoms with Gasteiger partial charge in [0.05, 0.1) is 0 Å². The molecule has 16 heavy (non-hydrogen) atoms. The maximum absolute atomic E-state index is 10.4. The van der Waals surface area contributed by atoms with Crippen LogP contribution in [0.3, 0.4) is 0 Å². The summed E-state index contributed by atoms with van der Waals surface area (Å²) in [4.78, 5) is 12.7. The van der Waals surface area contributed by atoms with Gasteiger partial charge in [-0.05, 0) is 36.5 Å². The molecule has 1 aliphatic heterocycles. The summed E-state index contributed by atoms with van der Waals surface area (Å²) < 4.78 is 0. The molecule has 3 nitrogen and oxygen atoms in total. The number of fused-ring (bicyclic) bond motifs is 1. The van der Waals surface area contributed by atoms with Crippen LogP contribution in [0.1, 0.15) is 24.0 Å². The predicted octanol–water partition coefficient (Wildman–Crippen LogP) is 2.09. The molecule has 0 saturated carbocycles. The Labute approximate surface area is 95.7 Å². The lowest BCUT2D eigenvalue weighted by Crippen LogP contribution is -2.12. The topological polar surface area (TPSA) is 40.5 Å². The van der Waals surface area contributed by atoms with Crippen LogP contribution in [-0.4, -0.2) is 24.7 Å². The van der Waals surface area contributed by atoms with Crippen molar-refractivity contribution in [1.29, 1.82) is 0 Å². The van der Waals surface area contributed by atoms with E-state index >= 15 is 0 Å². The summed E-state index contributed by atoms with van der Waals surface area (Å²) in [6.07, 6.45) is 2.96. The molecule has 3 heteroatoms. The van der Waals surface area contributed by atoms with Crippen LogP contribution in [0.15, 0.2) is 18.2 Å². The Bertz CT molecular complexity index is 401. The summed E-state index contributed by atoms with van der Waals surface area (Å²) in [5.41, 5.74) is 3.98. The molecule has 0 radical (unpaired) electrons. The van der Waals surface area contributed by atoms with E-state index in [-0.39, 0.29) is 6.42 Å². The number of hydrogen-bond acceptors (Lipinski definition) is 2. The van der Waals surface area contributed by atoms with Crippen LogP contribution in [-0.2, 0) is 17.6 Å². The maximum atomic E-state index is 10.4. The number of carboxylic acid groups (broad SMARTS) is 1. The lowest BCUT2D eigenvalue weighted by atomic mass is 10.0. The largest absolute Gasteiger partial charge is 0.481 e. The van der Waals surface area contributed by atoms with Gasteiger partial charge in [0.25, 0.3) is 0 Å². The Hall–Kier alpha value is -1.51. The third-order valence-corrected chi connectivity index (χ3v) is 3.13. The summed E-state index contributed by atoms with van der Waals surface area (Å²) in [6, 6.07) is 6.49. The van der Waals surface area contributed by atoms with Crippen LogP contribution in [0, 0.1) is 0 Å². The maximum Gasteiger partial charge on any atom is 0.303 e. The molecule has 0 aliphatic carbocycles. The molecule has 0 unspecified atom stereocenters. The molecule has 0 saturated heterocycles. The van der Waals surface area contributed by atoms with Crippen molar-refractivity contribution < 1.29 is 9.90 Å². The van der Waals surface area contributed by atoms with Crippen molar-refractivity contribution in [3.63, 3.8) is 0 Å². The van der Waals surface area contributed by atoms with Crippen LogP contribution in [0.4, 0.5) is 5.69 Å². The number of anilines is 1. The molecule has 86 valence electrons. The number of aryl methyl sites for hydroxylation is 1. The minimum Gasteiger partial charge on any atom is -0.481 e. The molecule has 1 aliphatic rings. The molecule has 0 spiro atoms. The first kappa shape index (κ1) is 11.0. The van der Waals surface area contributed by atoms with E-state index in [9.17, 15) is 4.79 Å². The minimum atomic E-state index is -0.708. The molecule has 1 heterocycles. The van der Waals surface area contributed by atoms with Crippen LogP contribution in [0.25, 0.3) is 0 Å². The van der Waals surface area contributed by atoms with Crippen LogP contribution in [0.2, 0.25) is 0 Å². The fourth-order valence-corrected chi connectivity index (χ4v) is 2.22. The van der Waals surface area contributed by atoms with E-state index in [1.165, 1.54) is 16.8 Å². The van der Waals surface area contributed by atoms with E-state index in [1.54, 1.807) is 0 Å². The highest BCUT2D eigenvalue weighted by atomic mass is 16.4. The van der Waals surface area contributed by atoms with Gasteiger partial charge < -0.3 is 10.0 Å². The molecule has 1 aromatic carbocycles. The summed E-state index contributed by atoms with van der Waals surface area (Å²) >= 11 is 0. The van der Waals surface area contributed by atoms with Gasteiger partial charge in [-0.1, -0.05) is 12.1 Å². The highest BCUT2D eigenvalue weighted by Crippen LogP contribution is 2.27. The molecule has 0 atom stereocenters. The number of benzene rings is 1. The Morgan fingerprint density at radius 2 is 2.31 bits per heavy atom. The lowest BCUT2D eigenvalue weighted by molar-refractivity contribution is -0.137. The zero-order valence-corrected chi connectivity index (χ0v) is 9.57. The Morgan fingerprint density at radius 1 is 1.50 bits per heavy atom. The predicted molar refractivity (Wildman–Crippen MR) is 64.0 cm³/mol. The van der Waals surface area contributed by atoms with Crippen molar-refractivity contribution in [2.24, 2.45) is 0 Å². The van der Waals surface area contributed by atoms with E-state index in [4.69, 9.17) is 5.11 Å². The monoisotopic (exact) mass is 219 g/mol. The summed E-state index contributed by atoms with van der Waals surface area (Å²) in [7, 11) is 2.11. The van der Waals surface area contributed by atoms with Crippen molar-refractivity contribution >= 4 is 11.7 Å². The number of nitrogens with zero attached hydrogens (tertiary/aromatic N) is 1. The van der Waals surface area contributed by atoms with Crippen molar-refractivity contribution in [2.75, 3.05) is 18.5 Å². The fourth-order valence-electron chi connectivity index (χ4n) is 2.22. The normalized spacial score (nSPS) is 13.9. The molecule has 0 fully saturated rings. The number of aliphatic carboxylic acids is 1. The summed E-state index contributed by atoms with van der Waals surface area (Å²) in [5, 5.41) is 8.57. The van der Waals surface area contributed by atoms with Gasteiger partial charge in [0.15, 0.2) is 0 Å². The average molecular weight is 219 g/mol. The smallest absolute Gasteiger partial charge is 0.303 e. The zero-order valence-electron chi connectivity index (χ0n) is 9.57. The zero-order chi connectivity index (χ0) is 11.5. The van der Waals surface area contributed by atoms with E-state index in [1.807, 2.05) is 0 Å². The second-order valence-corrected chi connectivity index (χ2v) is 4.38. The fraction of sp³-hybridized carbons (Fsp3) is 0.462. The molecule has 1 N–H and O–H groups in total. The van der Waals surface area contributed by atoms with Crippen molar-refractivity contribution in [3.05, 3.63) is 29.3 Å². The molecular weight excluding hydrogens is 202 g/mol. The van der Waals surface area contributed by atoms with E-state index in [0.29, 0.717) is 0 Å². The number of carboxylic acids is 1. The van der Waals surface area contributed by atoms with Gasteiger partial charge in [0.2, 0.25) is 0 Å². The van der Waals surface area contributed by atoms with Crippen LogP contribution < -0.4 is 4.90 Å². The van der Waals surface area contributed by atoms with Gasteiger partial charge >= 0.3 is 5.97 Å². The SMILES string of the molecule is CN1CCc2cc(CCCC(=O)O)ccc21. The third-order valence-electron chi connectivity index (χ3n) is 3.13. The van der Waals surface area contributed by atoms with Crippen molar-refractivity contribution in [3.8, 4) is 0 Å². The standard InChI is InChI=1S/C13H17NO2/c1-14-8-7-11-9-10(5-6-12(11)14)3-2-4-13(15)16/h5-6,9H,2-4,7-8H2,1H3,(H,15,16). The van der Waals surface area contributed by atoms with Crippen LogP contribution in [0.5, 0.6) is 0 Å². The quantitative estimate of drug-likeness (QED) is 0.843. The molecule has 0 aromatic heterocycles. The number of rotatable bonds is 4. The van der Waals surface area contributed by atoms with Gasteiger partial charge in [-0.25, -0.2) is 0 Å². The van der Waals surface area contributed by atoms with E-state index < -0.39 is 5.97 Å². The summed E-state index contributed by atoms with van der Waals surface area (Å²) in [5.74, 6) is -0.708. The number of hydrogen-bond donors (Lipinski definition) is 1. The Kier molecular flexibility index (Phi) is 3.13. The number of carbonyl (C=O) groups is 1. The molecular formula is C13H17NO2. The highest BCUT2D eigenvalue weighted by molar-refractivity contribution is 5.66. The molecule has 1 aromatic rings. The second-order valence-electron chi connectivity index (χ2n) is 4.38. The van der Waals surface area contributed by atoms with Crippen molar-refractivity contribution in [1.82, 2.24) is 0 Å². The first-order valence-corrected chi connectivity index (χ1v) is 5.71. The third kappa shape index (κ3) is 2.35. The summed E-state index contributed by atoms with van der Waals surface area (Å²) in [6.45, 7) is 1.09. The minimum absolute atomic E-state index is 0.261. The van der Waals surface area contributed by atoms with Gasteiger partial charge in [0.1, 0.15) is 0 Å². The lowest BCUT2D eigenvalue weighted by Gasteiger charge is -2.12. The van der Waals surface area contributed by atoms with Gasteiger partial charge in [-0.2, -0.15) is 0 Å². The molecule has 2 rings (SSSR count). The first-order chi connectivity index (χ1) is 7.66. The Balaban J connectivity index is 1.99. The number of likely N-dealkylation sites (N-methyl/N-ethyl adjacent to an activating group) is 1. The highest BCUT2D eigenvalue weighted by Gasteiger charge is 2.15. The molecule has 0 bridgehead atoms. The Morgan fingerprint density at radius 3 is 3.06 bits per heavy atom. The van der Waals surface area contributed by atoms with Crippen LogP contribution >= 0.6 is 0 Å². The average Bonchev–Trinajstić information content (AvgIpc) is 2.60.